The molecule has 1 saturated carbocycles. The van der Waals surface area contributed by atoms with Gasteiger partial charge in [0.25, 0.3) is 0 Å². The van der Waals surface area contributed by atoms with Crippen LogP contribution in [0.2, 0.25) is 10.2 Å². The van der Waals surface area contributed by atoms with Crippen molar-refractivity contribution in [1.29, 1.82) is 0 Å². The van der Waals surface area contributed by atoms with E-state index in [0.29, 0.717) is 23.4 Å². The van der Waals surface area contributed by atoms with Gasteiger partial charge in [0.15, 0.2) is 5.78 Å². The van der Waals surface area contributed by atoms with Crippen molar-refractivity contribution >= 4 is 33.1 Å². The third-order valence-corrected chi connectivity index (χ3v) is 3.66. The second kappa shape index (κ2) is 4.18. The van der Waals surface area contributed by atoms with Crippen LogP contribution in [0.3, 0.4) is 0 Å². The zero-order valence-corrected chi connectivity index (χ0v) is 10.2. The van der Waals surface area contributed by atoms with E-state index < -0.39 is 10.8 Å². The molecule has 0 spiro atoms. The van der Waals surface area contributed by atoms with Crippen LogP contribution >= 0.6 is 11.6 Å². The molecule has 5 heteroatoms. The Morgan fingerprint density at radius 2 is 1.88 bits per heavy atom. The largest absolute Gasteiger partial charge is 0.315 e. The van der Waals surface area contributed by atoms with Gasteiger partial charge in [-0.25, -0.2) is 0 Å². The van der Waals surface area contributed by atoms with Crippen LogP contribution in [-0.2, 0) is 10.3 Å². The molecule has 0 heterocycles. The molecule has 0 saturated heterocycles. The highest BCUT2D eigenvalue weighted by atomic mass is 35.5. The average Bonchev–Trinajstić information content (AvgIpc) is 2.24. The molecule has 0 aromatic heterocycles. The molecule has 4 radical (unpaired) electrons. The van der Waals surface area contributed by atoms with E-state index in [0.717, 1.165) is 0 Å². The lowest BCUT2D eigenvalue weighted by atomic mass is 9.46. The highest BCUT2D eigenvalue weighted by Gasteiger charge is 2.43. The molecule has 1 unspecified atom stereocenters. The van der Waals surface area contributed by atoms with Crippen molar-refractivity contribution in [2.45, 2.75) is 30.0 Å². The van der Waals surface area contributed by atoms with Crippen LogP contribution in [0.1, 0.15) is 24.8 Å². The van der Waals surface area contributed by atoms with E-state index in [4.69, 9.17) is 33.0 Å². The van der Waals surface area contributed by atoms with Gasteiger partial charge < -0.3 is 5.73 Å². The van der Waals surface area contributed by atoms with Crippen molar-refractivity contribution in [3.8, 4) is 0 Å². The summed E-state index contributed by atoms with van der Waals surface area (Å²) in [5.41, 5.74) is 5.80. The monoisotopic (exact) mass is 243 g/mol. The maximum absolute atomic E-state index is 12.1. The molecule has 2 N–H and O–H groups in total. The number of Topliss-reactive ketones (excluding diaryl/α,β-unsaturated/α-hetero) is 1. The van der Waals surface area contributed by atoms with Gasteiger partial charge in [0.1, 0.15) is 5.54 Å². The molecule has 1 aromatic carbocycles. The fourth-order valence-corrected chi connectivity index (χ4v) is 2.53. The maximum atomic E-state index is 12.1. The number of hydrogen-bond donors (Lipinski definition) is 1. The molecule has 1 aromatic rings. The van der Waals surface area contributed by atoms with Gasteiger partial charge in [-0.2, -0.15) is 0 Å². The number of carbonyl (C=O) groups is 1. The van der Waals surface area contributed by atoms with Gasteiger partial charge in [-0.15, -0.1) is 0 Å². The molecule has 1 aliphatic rings. The molecular weight excluding hydrogens is 231 g/mol. The highest BCUT2D eigenvalue weighted by molar-refractivity contribution is 6.41. The molecule has 2 rings (SSSR count). The third kappa shape index (κ3) is 2.29. The van der Waals surface area contributed by atoms with E-state index in [2.05, 4.69) is 0 Å². The number of benzene rings is 1. The van der Waals surface area contributed by atoms with Crippen LogP contribution < -0.4 is 5.73 Å². The Morgan fingerprint density at radius 3 is 2.47 bits per heavy atom. The molecule has 1 aliphatic carbocycles. The van der Waals surface area contributed by atoms with Crippen LogP contribution in [0.25, 0.3) is 0 Å². The number of hydrogen-bond acceptors (Lipinski definition) is 2. The molecule has 2 nitrogen and oxygen atoms in total. The Kier molecular flexibility index (Phi) is 3.13. The van der Waals surface area contributed by atoms with Crippen molar-refractivity contribution in [2.24, 2.45) is 5.73 Å². The van der Waals surface area contributed by atoms with Crippen LogP contribution in [0.5, 0.6) is 0 Å². The highest BCUT2D eigenvalue weighted by Crippen LogP contribution is 2.43. The fourth-order valence-electron chi connectivity index (χ4n) is 2.22. The summed E-state index contributed by atoms with van der Waals surface area (Å²) in [5.74, 6) is -0.151. The second-order valence-corrected chi connectivity index (χ2v) is 5.19. The van der Waals surface area contributed by atoms with Crippen LogP contribution in [0, 0.1) is 0 Å². The first kappa shape index (κ1) is 12.7. The first-order valence-electron chi connectivity index (χ1n) is 5.50. The third-order valence-electron chi connectivity index (χ3n) is 3.33. The van der Waals surface area contributed by atoms with Gasteiger partial charge in [0.2, 0.25) is 0 Å². The normalized spacial score (nSPS) is 28.0. The molecule has 84 valence electrons. The lowest BCUT2D eigenvalue weighted by Crippen LogP contribution is -2.50. The molecule has 0 aliphatic heterocycles. The molecule has 17 heavy (non-hydrogen) atoms. The summed E-state index contributed by atoms with van der Waals surface area (Å²) < 4.78 is 0. The first-order valence-corrected chi connectivity index (χ1v) is 5.88. The average molecular weight is 243 g/mol. The van der Waals surface area contributed by atoms with Gasteiger partial charge in [-0.3, -0.25) is 4.79 Å². The van der Waals surface area contributed by atoms with Crippen molar-refractivity contribution in [3.05, 3.63) is 34.9 Å². The predicted octanol–water partition coefficient (Wildman–Crippen LogP) is 1.70. The minimum Gasteiger partial charge on any atom is -0.315 e. The Morgan fingerprint density at radius 1 is 1.24 bits per heavy atom. The van der Waals surface area contributed by atoms with E-state index in [1.165, 1.54) is 0 Å². The summed E-state index contributed by atoms with van der Waals surface area (Å²) in [6.45, 7) is 0. The van der Waals surface area contributed by atoms with Gasteiger partial charge in [-0.05, 0) is 24.5 Å². The summed E-state index contributed by atoms with van der Waals surface area (Å²) in [5, 5.41) is -0.439. The van der Waals surface area contributed by atoms with Crippen LogP contribution in [0.15, 0.2) is 24.3 Å². The van der Waals surface area contributed by atoms with E-state index in [9.17, 15) is 4.79 Å². The molecular formula is C12H12B2ClNO. The number of rotatable bonds is 1. The Bertz CT molecular complexity index is 464. The van der Waals surface area contributed by atoms with E-state index in [-0.39, 0.29) is 12.2 Å². The lowest BCUT2D eigenvalue weighted by molar-refractivity contribution is -0.126. The van der Waals surface area contributed by atoms with Crippen molar-refractivity contribution in [1.82, 2.24) is 0 Å². The van der Waals surface area contributed by atoms with Gasteiger partial charge in [-0.1, -0.05) is 41.4 Å². The van der Waals surface area contributed by atoms with Gasteiger partial charge in [0.05, 0.1) is 15.7 Å². The summed E-state index contributed by atoms with van der Waals surface area (Å²) >= 11 is 6.09. The van der Waals surface area contributed by atoms with E-state index in [1.807, 2.05) is 6.07 Å². The molecule has 1 fully saturated rings. The molecule has 0 amide bonds. The second-order valence-electron chi connectivity index (χ2n) is 4.78. The van der Waals surface area contributed by atoms with Crippen molar-refractivity contribution in [2.75, 3.05) is 0 Å². The number of halogens is 1. The number of carbonyl (C=O) groups excluding carboxylic acids is 1. The van der Waals surface area contributed by atoms with Crippen LogP contribution in [0.4, 0.5) is 0 Å². The topological polar surface area (TPSA) is 43.1 Å². The standard InChI is InChI=1S/C12H12B2ClNO/c13-11(14)5-6-12(16,10(17)7-11)8-3-1-2-4-9(8)15/h1-4H,5-7,16H2. The number of nitrogens with two attached hydrogens (primary N) is 1. The zero-order valence-electron chi connectivity index (χ0n) is 9.45. The Labute approximate surface area is 109 Å². The van der Waals surface area contributed by atoms with Gasteiger partial charge >= 0.3 is 0 Å². The SMILES string of the molecule is [B]C1([B])CCC(N)(c2ccccc2Cl)C(=O)C1. The summed E-state index contributed by atoms with van der Waals surface area (Å²) in [6, 6.07) is 7.13. The minimum absolute atomic E-state index is 0.0781. The summed E-state index contributed by atoms with van der Waals surface area (Å²) in [7, 11) is 11.5. The summed E-state index contributed by atoms with van der Waals surface area (Å²) in [6.07, 6.45) is 0.998. The fraction of sp³-hybridized carbons (Fsp3) is 0.417. The lowest BCUT2D eigenvalue weighted by Gasteiger charge is -2.41. The predicted molar refractivity (Wildman–Crippen MR) is 70.4 cm³/mol. The molecule has 1 atom stereocenters. The quantitative estimate of drug-likeness (QED) is 0.763. The Hall–Kier alpha value is -0.730. The summed E-state index contributed by atoms with van der Waals surface area (Å²) in [4.78, 5) is 12.1. The van der Waals surface area contributed by atoms with Crippen LogP contribution in [-0.4, -0.2) is 21.5 Å². The van der Waals surface area contributed by atoms with Gasteiger partial charge in [0, 0.05) is 5.02 Å². The number of ketones is 1. The van der Waals surface area contributed by atoms with Crippen molar-refractivity contribution < 1.29 is 4.79 Å². The first-order chi connectivity index (χ1) is 7.85. The van der Waals surface area contributed by atoms with E-state index >= 15 is 0 Å². The molecule has 0 bridgehead atoms. The van der Waals surface area contributed by atoms with Crippen molar-refractivity contribution in [3.63, 3.8) is 0 Å². The van der Waals surface area contributed by atoms with E-state index in [1.54, 1.807) is 18.2 Å². The minimum atomic E-state index is -1.05. The zero-order chi connectivity index (χ0) is 12.7. The Balaban J connectivity index is 2.39. The smallest absolute Gasteiger partial charge is 0.156 e. The maximum Gasteiger partial charge on any atom is 0.156 e.